The van der Waals surface area contributed by atoms with E-state index >= 15 is 0 Å². The summed E-state index contributed by atoms with van der Waals surface area (Å²) < 4.78 is 0. The zero-order valence-electron chi connectivity index (χ0n) is 14.0. The molecule has 0 radical (unpaired) electrons. The highest BCUT2D eigenvalue weighted by atomic mass is 15.1. The zero-order chi connectivity index (χ0) is 15.0. The van der Waals surface area contributed by atoms with Crippen LogP contribution >= 0.6 is 0 Å². The molecule has 1 atom stereocenters. The van der Waals surface area contributed by atoms with Gasteiger partial charge in [-0.1, -0.05) is 50.5 Å². The molecular weight excluding hydrogens is 244 g/mol. The van der Waals surface area contributed by atoms with Crippen molar-refractivity contribution in [2.24, 2.45) is 0 Å². The van der Waals surface area contributed by atoms with E-state index in [1.165, 1.54) is 42.5 Å². The second-order valence-electron chi connectivity index (χ2n) is 5.94. The van der Waals surface area contributed by atoms with Gasteiger partial charge in [0.2, 0.25) is 0 Å². The summed E-state index contributed by atoms with van der Waals surface area (Å²) in [6.07, 6.45) is 3.93. The van der Waals surface area contributed by atoms with Crippen molar-refractivity contribution in [2.75, 3.05) is 26.7 Å². The van der Waals surface area contributed by atoms with Crippen LogP contribution in [0.4, 0.5) is 0 Å². The molecule has 20 heavy (non-hydrogen) atoms. The Morgan fingerprint density at radius 3 is 2.55 bits per heavy atom. The Morgan fingerprint density at radius 2 is 1.90 bits per heavy atom. The summed E-state index contributed by atoms with van der Waals surface area (Å²) in [6, 6.07) is 7.22. The molecule has 1 N–H and O–H groups in total. The van der Waals surface area contributed by atoms with E-state index in [0.29, 0.717) is 6.04 Å². The SMILES string of the molecule is CCCCCN(C)CC(NCC)c1cc(C)ccc1C. The van der Waals surface area contributed by atoms with Crippen LogP contribution in [-0.4, -0.2) is 31.6 Å². The van der Waals surface area contributed by atoms with Gasteiger partial charge in [-0.3, -0.25) is 0 Å². The van der Waals surface area contributed by atoms with E-state index < -0.39 is 0 Å². The average molecular weight is 276 g/mol. The summed E-state index contributed by atoms with van der Waals surface area (Å²) in [5.74, 6) is 0. The number of rotatable bonds is 9. The van der Waals surface area contributed by atoms with E-state index in [-0.39, 0.29) is 0 Å². The van der Waals surface area contributed by atoms with Gasteiger partial charge < -0.3 is 10.2 Å². The van der Waals surface area contributed by atoms with Crippen molar-refractivity contribution in [1.29, 1.82) is 0 Å². The minimum Gasteiger partial charge on any atom is -0.309 e. The van der Waals surface area contributed by atoms with Crippen LogP contribution in [0.5, 0.6) is 0 Å². The molecule has 114 valence electrons. The number of nitrogens with one attached hydrogen (secondary N) is 1. The Kier molecular flexibility index (Phi) is 7.86. The monoisotopic (exact) mass is 276 g/mol. The topological polar surface area (TPSA) is 15.3 Å². The maximum absolute atomic E-state index is 3.65. The van der Waals surface area contributed by atoms with Gasteiger partial charge in [0.05, 0.1) is 0 Å². The number of unbranched alkanes of at least 4 members (excludes halogenated alkanes) is 2. The second kappa shape index (κ2) is 9.15. The van der Waals surface area contributed by atoms with Crippen LogP contribution in [0.1, 0.15) is 55.8 Å². The van der Waals surface area contributed by atoms with Crippen molar-refractivity contribution < 1.29 is 0 Å². The summed E-state index contributed by atoms with van der Waals surface area (Å²) in [6.45, 7) is 12.1. The highest BCUT2D eigenvalue weighted by Crippen LogP contribution is 2.20. The van der Waals surface area contributed by atoms with Gasteiger partial charge in [-0.25, -0.2) is 0 Å². The lowest BCUT2D eigenvalue weighted by Crippen LogP contribution is -2.34. The van der Waals surface area contributed by atoms with Crippen LogP contribution in [-0.2, 0) is 0 Å². The molecule has 0 amide bonds. The Balaban J connectivity index is 2.70. The van der Waals surface area contributed by atoms with Crippen LogP contribution < -0.4 is 5.32 Å². The van der Waals surface area contributed by atoms with E-state index in [4.69, 9.17) is 0 Å². The van der Waals surface area contributed by atoms with Crippen LogP contribution in [0, 0.1) is 13.8 Å². The molecule has 0 aliphatic carbocycles. The van der Waals surface area contributed by atoms with E-state index in [1.54, 1.807) is 0 Å². The molecule has 0 heterocycles. The summed E-state index contributed by atoms with van der Waals surface area (Å²) in [5, 5.41) is 3.65. The van der Waals surface area contributed by atoms with Gasteiger partial charge in [0.1, 0.15) is 0 Å². The third-order valence-electron chi connectivity index (χ3n) is 3.90. The normalized spacial score (nSPS) is 12.9. The Morgan fingerprint density at radius 1 is 1.15 bits per heavy atom. The molecule has 0 bridgehead atoms. The number of likely N-dealkylation sites (N-methyl/N-ethyl adjacent to an activating group) is 2. The van der Waals surface area contributed by atoms with Crippen LogP contribution in [0.15, 0.2) is 18.2 Å². The molecule has 0 fully saturated rings. The molecule has 1 unspecified atom stereocenters. The van der Waals surface area contributed by atoms with Crippen molar-refractivity contribution >= 4 is 0 Å². The molecule has 0 saturated carbocycles. The molecule has 1 aromatic rings. The molecule has 0 saturated heterocycles. The van der Waals surface area contributed by atoms with E-state index in [9.17, 15) is 0 Å². The minimum absolute atomic E-state index is 0.437. The third-order valence-corrected chi connectivity index (χ3v) is 3.90. The van der Waals surface area contributed by atoms with Gasteiger partial charge in [0.25, 0.3) is 0 Å². The van der Waals surface area contributed by atoms with Crippen LogP contribution in [0.25, 0.3) is 0 Å². The quantitative estimate of drug-likeness (QED) is 0.684. The van der Waals surface area contributed by atoms with Gasteiger partial charge in [0, 0.05) is 12.6 Å². The molecule has 0 aliphatic rings. The third kappa shape index (κ3) is 5.64. The first-order chi connectivity index (χ1) is 9.58. The van der Waals surface area contributed by atoms with Crippen molar-refractivity contribution in [2.45, 2.75) is 53.0 Å². The molecule has 0 aromatic heterocycles. The fraction of sp³-hybridized carbons (Fsp3) is 0.667. The summed E-state index contributed by atoms with van der Waals surface area (Å²) in [5.41, 5.74) is 4.19. The molecule has 2 nitrogen and oxygen atoms in total. The summed E-state index contributed by atoms with van der Waals surface area (Å²) in [4.78, 5) is 2.46. The van der Waals surface area contributed by atoms with Crippen LogP contribution in [0.2, 0.25) is 0 Å². The second-order valence-corrected chi connectivity index (χ2v) is 5.94. The molecule has 1 aromatic carbocycles. The van der Waals surface area contributed by atoms with E-state index in [2.05, 4.69) is 63.2 Å². The summed E-state index contributed by atoms with van der Waals surface area (Å²) >= 11 is 0. The lowest BCUT2D eigenvalue weighted by Gasteiger charge is -2.26. The lowest BCUT2D eigenvalue weighted by atomic mass is 9.98. The highest BCUT2D eigenvalue weighted by Gasteiger charge is 2.15. The van der Waals surface area contributed by atoms with Gasteiger partial charge in [-0.05, 0) is 51.5 Å². The van der Waals surface area contributed by atoms with Crippen molar-refractivity contribution in [3.63, 3.8) is 0 Å². The minimum atomic E-state index is 0.437. The Hall–Kier alpha value is -0.860. The van der Waals surface area contributed by atoms with Gasteiger partial charge >= 0.3 is 0 Å². The van der Waals surface area contributed by atoms with Crippen molar-refractivity contribution in [1.82, 2.24) is 10.2 Å². The van der Waals surface area contributed by atoms with Crippen LogP contribution in [0.3, 0.4) is 0 Å². The molecule has 2 heteroatoms. The molecule has 1 rings (SSSR count). The van der Waals surface area contributed by atoms with Crippen molar-refractivity contribution in [3.8, 4) is 0 Å². The number of aryl methyl sites for hydroxylation is 2. The van der Waals surface area contributed by atoms with E-state index in [0.717, 1.165) is 13.1 Å². The first-order valence-corrected chi connectivity index (χ1v) is 8.07. The van der Waals surface area contributed by atoms with Gasteiger partial charge in [0.15, 0.2) is 0 Å². The average Bonchev–Trinajstić information content (AvgIpc) is 2.41. The fourth-order valence-corrected chi connectivity index (χ4v) is 2.69. The maximum Gasteiger partial charge on any atom is 0.0451 e. The largest absolute Gasteiger partial charge is 0.309 e. The number of hydrogen-bond donors (Lipinski definition) is 1. The number of hydrogen-bond acceptors (Lipinski definition) is 2. The number of benzene rings is 1. The molecular formula is C18H32N2. The van der Waals surface area contributed by atoms with Crippen molar-refractivity contribution in [3.05, 3.63) is 34.9 Å². The smallest absolute Gasteiger partial charge is 0.0451 e. The predicted octanol–water partition coefficient (Wildman–Crippen LogP) is 4.08. The maximum atomic E-state index is 3.65. The first-order valence-electron chi connectivity index (χ1n) is 8.07. The lowest BCUT2D eigenvalue weighted by molar-refractivity contribution is 0.286. The fourth-order valence-electron chi connectivity index (χ4n) is 2.69. The number of nitrogens with zero attached hydrogens (tertiary/aromatic N) is 1. The van der Waals surface area contributed by atoms with Gasteiger partial charge in [-0.2, -0.15) is 0 Å². The Labute approximate surface area is 125 Å². The highest BCUT2D eigenvalue weighted by molar-refractivity contribution is 5.33. The Bertz CT molecular complexity index is 387. The molecule has 0 aliphatic heterocycles. The summed E-state index contributed by atoms with van der Waals surface area (Å²) in [7, 11) is 2.24. The molecule has 0 spiro atoms. The standard InChI is InChI=1S/C18H32N2/c1-6-8-9-12-20(5)14-18(19-7-2)17-13-15(3)10-11-16(17)4/h10-11,13,18-19H,6-9,12,14H2,1-5H3. The van der Waals surface area contributed by atoms with Gasteiger partial charge in [-0.15, -0.1) is 0 Å². The first kappa shape index (κ1) is 17.2. The zero-order valence-corrected chi connectivity index (χ0v) is 14.0. The predicted molar refractivity (Wildman–Crippen MR) is 89.4 cm³/mol. The van der Waals surface area contributed by atoms with E-state index in [1.807, 2.05) is 0 Å².